The highest BCUT2D eigenvalue weighted by Crippen LogP contribution is 2.28. The van der Waals surface area contributed by atoms with Crippen molar-refractivity contribution < 1.29 is 8.42 Å². The molecular formula is C13H21N3O2S. The smallest absolute Gasteiger partial charge is 0.240 e. The molecule has 0 bridgehead atoms. The number of anilines is 1. The molecule has 0 atom stereocenters. The van der Waals surface area contributed by atoms with Gasteiger partial charge in [0.25, 0.3) is 0 Å². The molecule has 0 unspecified atom stereocenters. The van der Waals surface area contributed by atoms with Crippen LogP contribution in [0.1, 0.15) is 38.5 Å². The van der Waals surface area contributed by atoms with Gasteiger partial charge in [-0.15, -0.1) is 0 Å². The van der Waals surface area contributed by atoms with E-state index in [1.807, 2.05) is 0 Å². The number of nitrogens with one attached hydrogen (secondary N) is 1. The molecule has 0 amide bonds. The lowest BCUT2D eigenvalue weighted by Gasteiger charge is -2.10. The van der Waals surface area contributed by atoms with Gasteiger partial charge < -0.3 is 5.73 Å². The van der Waals surface area contributed by atoms with Crippen molar-refractivity contribution >= 4 is 15.8 Å². The fraction of sp³-hybridized carbons (Fsp3) is 0.615. The van der Waals surface area contributed by atoms with Gasteiger partial charge in [-0.05, 0) is 24.8 Å². The Bertz CT molecular complexity index is 510. The topological polar surface area (TPSA) is 85.1 Å². The molecule has 1 aliphatic rings. The molecular weight excluding hydrogens is 262 g/mol. The van der Waals surface area contributed by atoms with Crippen LogP contribution in [0.3, 0.4) is 0 Å². The zero-order chi connectivity index (χ0) is 13.7. The first-order valence-electron chi connectivity index (χ1n) is 6.79. The van der Waals surface area contributed by atoms with Crippen LogP contribution in [0.2, 0.25) is 0 Å². The molecule has 1 aromatic rings. The van der Waals surface area contributed by atoms with E-state index in [4.69, 9.17) is 5.73 Å². The Labute approximate surface area is 114 Å². The average molecular weight is 283 g/mol. The third kappa shape index (κ3) is 4.18. The van der Waals surface area contributed by atoms with Crippen LogP contribution in [0.5, 0.6) is 0 Å². The van der Waals surface area contributed by atoms with Gasteiger partial charge in [0, 0.05) is 18.8 Å². The Balaban J connectivity index is 1.80. The molecule has 1 fully saturated rings. The average Bonchev–Trinajstić information content (AvgIpc) is 2.88. The minimum Gasteiger partial charge on any atom is -0.384 e. The monoisotopic (exact) mass is 283 g/mol. The van der Waals surface area contributed by atoms with Gasteiger partial charge in [-0.25, -0.2) is 18.1 Å². The van der Waals surface area contributed by atoms with Crippen LogP contribution in [0.4, 0.5) is 5.82 Å². The first-order chi connectivity index (χ1) is 9.08. The molecule has 106 valence electrons. The lowest BCUT2D eigenvalue weighted by atomic mass is 10.0. The Kier molecular flexibility index (Phi) is 4.76. The van der Waals surface area contributed by atoms with Gasteiger partial charge in [-0.3, -0.25) is 0 Å². The number of nitrogen functional groups attached to an aromatic ring is 1. The first-order valence-corrected chi connectivity index (χ1v) is 8.27. The molecule has 1 saturated carbocycles. The van der Waals surface area contributed by atoms with E-state index in [0.29, 0.717) is 6.54 Å². The Morgan fingerprint density at radius 1 is 1.37 bits per heavy atom. The summed E-state index contributed by atoms with van der Waals surface area (Å²) in [5, 5.41) is 0. The zero-order valence-corrected chi connectivity index (χ0v) is 11.8. The molecule has 0 aromatic carbocycles. The molecule has 1 aromatic heterocycles. The largest absolute Gasteiger partial charge is 0.384 e. The van der Waals surface area contributed by atoms with Gasteiger partial charge in [0.05, 0.1) is 4.90 Å². The highest BCUT2D eigenvalue weighted by molar-refractivity contribution is 7.89. The number of nitrogens with zero attached hydrogens (tertiary/aromatic N) is 1. The number of hydrogen-bond acceptors (Lipinski definition) is 4. The van der Waals surface area contributed by atoms with E-state index in [-0.39, 0.29) is 10.7 Å². The summed E-state index contributed by atoms with van der Waals surface area (Å²) < 4.78 is 26.6. The molecule has 1 aliphatic carbocycles. The van der Waals surface area contributed by atoms with Crippen molar-refractivity contribution in [2.24, 2.45) is 5.92 Å². The van der Waals surface area contributed by atoms with Crippen molar-refractivity contribution in [3.63, 3.8) is 0 Å². The maximum atomic E-state index is 12.0. The number of pyridine rings is 1. The molecule has 6 heteroatoms. The van der Waals surface area contributed by atoms with Crippen LogP contribution in [-0.2, 0) is 10.0 Å². The molecule has 3 N–H and O–H groups in total. The predicted octanol–water partition coefficient (Wildman–Crippen LogP) is 1.91. The van der Waals surface area contributed by atoms with Gasteiger partial charge in [0.2, 0.25) is 10.0 Å². The van der Waals surface area contributed by atoms with Crippen LogP contribution >= 0.6 is 0 Å². The number of nitrogens with two attached hydrogens (primary N) is 1. The summed E-state index contributed by atoms with van der Waals surface area (Å²) in [5.74, 6) is 1.01. The molecule has 0 radical (unpaired) electrons. The van der Waals surface area contributed by atoms with Crippen LogP contribution in [-0.4, -0.2) is 19.9 Å². The highest BCUT2D eigenvalue weighted by Gasteiger charge is 2.16. The summed E-state index contributed by atoms with van der Waals surface area (Å²) in [5.41, 5.74) is 5.49. The van der Waals surface area contributed by atoms with Crippen LogP contribution in [0.25, 0.3) is 0 Å². The molecule has 5 nitrogen and oxygen atoms in total. The van der Waals surface area contributed by atoms with E-state index in [1.165, 1.54) is 44.0 Å². The van der Waals surface area contributed by atoms with Crippen molar-refractivity contribution in [3.05, 3.63) is 18.3 Å². The molecule has 0 aliphatic heterocycles. The molecule has 0 spiro atoms. The minimum absolute atomic E-state index is 0.181. The van der Waals surface area contributed by atoms with Crippen molar-refractivity contribution in [2.75, 3.05) is 12.3 Å². The van der Waals surface area contributed by atoms with E-state index < -0.39 is 10.0 Å². The summed E-state index contributed by atoms with van der Waals surface area (Å²) in [6, 6.07) is 2.83. The number of rotatable bonds is 6. The van der Waals surface area contributed by atoms with Gasteiger partial charge in [0.1, 0.15) is 5.82 Å². The second-order valence-corrected chi connectivity index (χ2v) is 6.87. The second kappa shape index (κ2) is 6.34. The van der Waals surface area contributed by atoms with Crippen molar-refractivity contribution in [1.29, 1.82) is 0 Å². The SMILES string of the molecule is Nc1cc(S(=O)(=O)NCCCC2CCCC2)ccn1. The van der Waals surface area contributed by atoms with Crippen LogP contribution in [0.15, 0.2) is 23.2 Å². The minimum atomic E-state index is -3.45. The fourth-order valence-electron chi connectivity index (χ4n) is 2.57. The maximum Gasteiger partial charge on any atom is 0.240 e. The third-order valence-electron chi connectivity index (χ3n) is 3.62. The van der Waals surface area contributed by atoms with Gasteiger partial charge in [-0.1, -0.05) is 25.7 Å². The molecule has 2 rings (SSSR count). The Hall–Kier alpha value is -1.14. The highest BCUT2D eigenvalue weighted by atomic mass is 32.2. The lowest BCUT2D eigenvalue weighted by Crippen LogP contribution is -2.25. The summed E-state index contributed by atoms with van der Waals surface area (Å²) in [7, 11) is -3.45. The molecule has 19 heavy (non-hydrogen) atoms. The van der Waals surface area contributed by atoms with E-state index >= 15 is 0 Å². The third-order valence-corrected chi connectivity index (χ3v) is 5.08. The number of aromatic nitrogens is 1. The normalized spacial score (nSPS) is 16.8. The van der Waals surface area contributed by atoms with Gasteiger partial charge in [0.15, 0.2) is 0 Å². The van der Waals surface area contributed by atoms with Crippen LogP contribution < -0.4 is 10.5 Å². The van der Waals surface area contributed by atoms with E-state index in [2.05, 4.69) is 9.71 Å². The molecule has 1 heterocycles. The lowest BCUT2D eigenvalue weighted by molar-refractivity contribution is 0.480. The zero-order valence-electron chi connectivity index (χ0n) is 11.0. The van der Waals surface area contributed by atoms with Crippen molar-refractivity contribution in [2.45, 2.75) is 43.4 Å². The number of sulfonamides is 1. The summed E-state index contributed by atoms with van der Waals surface area (Å²) in [6.45, 7) is 0.487. The van der Waals surface area contributed by atoms with E-state index in [9.17, 15) is 8.42 Å². The van der Waals surface area contributed by atoms with Gasteiger partial charge >= 0.3 is 0 Å². The first kappa shape index (κ1) is 14.3. The van der Waals surface area contributed by atoms with E-state index in [1.54, 1.807) is 0 Å². The van der Waals surface area contributed by atoms with Gasteiger partial charge in [-0.2, -0.15) is 0 Å². The maximum absolute atomic E-state index is 12.0. The summed E-state index contributed by atoms with van der Waals surface area (Å²) in [4.78, 5) is 3.97. The van der Waals surface area contributed by atoms with E-state index in [0.717, 1.165) is 18.8 Å². The quantitative estimate of drug-likeness (QED) is 0.781. The van der Waals surface area contributed by atoms with Crippen molar-refractivity contribution in [3.8, 4) is 0 Å². The van der Waals surface area contributed by atoms with Crippen LogP contribution in [0, 0.1) is 5.92 Å². The summed E-state index contributed by atoms with van der Waals surface area (Å²) >= 11 is 0. The van der Waals surface area contributed by atoms with Crippen molar-refractivity contribution in [1.82, 2.24) is 9.71 Å². The Morgan fingerprint density at radius 3 is 2.79 bits per heavy atom. The molecule has 0 saturated heterocycles. The standard InChI is InChI=1S/C13H21N3O2S/c14-13-10-12(7-9-15-13)19(17,18)16-8-3-6-11-4-1-2-5-11/h7,9-11,16H,1-6,8H2,(H2,14,15). The Morgan fingerprint density at radius 2 is 2.11 bits per heavy atom. The predicted molar refractivity (Wildman–Crippen MR) is 75.0 cm³/mol. The number of hydrogen-bond donors (Lipinski definition) is 2. The fourth-order valence-corrected chi connectivity index (χ4v) is 3.67. The summed E-state index contributed by atoms with van der Waals surface area (Å²) in [6.07, 6.45) is 8.66. The second-order valence-electron chi connectivity index (χ2n) is 5.11.